The van der Waals surface area contributed by atoms with Gasteiger partial charge >= 0.3 is 0 Å². The molecular formula is C16H26B3N3O2. The van der Waals surface area contributed by atoms with Crippen molar-refractivity contribution in [2.45, 2.75) is 44.3 Å². The van der Waals surface area contributed by atoms with Crippen molar-refractivity contribution in [1.29, 1.82) is 0 Å². The monoisotopic (exact) mass is 325 g/mol. The minimum absolute atomic E-state index is 0.0387. The first-order valence-corrected chi connectivity index (χ1v) is 8.78. The summed E-state index contributed by atoms with van der Waals surface area (Å²) in [6, 6.07) is 10.1. The third-order valence-electron chi connectivity index (χ3n) is 4.73. The Kier molecular flexibility index (Phi) is 7.12. The van der Waals surface area contributed by atoms with Crippen molar-refractivity contribution >= 4 is 34.7 Å². The molecule has 1 aliphatic rings. The summed E-state index contributed by atoms with van der Waals surface area (Å²) in [6.07, 6.45) is 1.86. The minimum atomic E-state index is -0.148. The average molecular weight is 325 g/mol. The molecular weight excluding hydrogens is 299 g/mol. The van der Waals surface area contributed by atoms with Crippen molar-refractivity contribution in [3.05, 3.63) is 35.9 Å². The van der Waals surface area contributed by atoms with E-state index in [0.717, 1.165) is 25.8 Å². The van der Waals surface area contributed by atoms with E-state index in [1.165, 1.54) is 0 Å². The zero-order chi connectivity index (χ0) is 17.5. The summed E-state index contributed by atoms with van der Waals surface area (Å²) >= 11 is 0. The molecule has 8 heteroatoms. The summed E-state index contributed by atoms with van der Waals surface area (Å²) in [5, 5.41) is 6.38. The van der Waals surface area contributed by atoms with Gasteiger partial charge in [-0.2, -0.15) is 0 Å². The number of carbonyl (C=O) groups excluding carboxylic acids is 2. The van der Waals surface area contributed by atoms with Crippen LogP contribution in [0, 0.1) is 0 Å². The predicted molar refractivity (Wildman–Crippen MR) is 104 cm³/mol. The Labute approximate surface area is 147 Å². The second-order valence-corrected chi connectivity index (χ2v) is 6.63. The summed E-state index contributed by atoms with van der Waals surface area (Å²) in [5.41, 5.74) is 1.14. The van der Waals surface area contributed by atoms with Gasteiger partial charge in [-0.05, 0) is 25.3 Å². The van der Waals surface area contributed by atoms with E-state index in [4.69, 9.17) is 0 Å². The van der Waals surface area contributed by atoms with E-state index in [1.807, 2.05) is 38.3 Å². The van der Waals surface area contributed by atoms with Crippen LogP contribution in [0.3, 0.4) is 0 Å². The van der Waals surface area contributed by atoms with Crippen LogP contribution in [0.2, 0.25) is 0 Å². The van der Waals surface area contributed by atoms with Crippen LogP contribution in [0.1, 0.15) is 25.3 Å². The molecule has 2 N–H and O–H groups in total. The van der Waals surface area contributed by atoms with E-state index in [1.54, 1.807) is 6.92 Å². The third kappa shape index (κ3) is 5.25. The van der Waals surface area contributed by atoms with Crippen LogP contribution in [0.15, 0.2) is 30.3 Å². The highest BCUT2D eigenvalue weighted by Gasteiger charge is 2.35. The summed E-state index contributed by atoms with van der Waals surface area (Å²) in [5.74, 6) is 0.139. The molecule has 0 saturated carbocycles. The maximum Gasteiger partial charge on any atom is 0.236 e. The number of hydrogen-bond donors (Lipinski definition) is 2. The highest BCUT2D eigenvalue weighted by molar-refractivity contribution is 6.87. The van der Waals surface area contributed by atoms with E-state index < -0.39 is 0 Å². The number of rotatable bonds is 8. The summed E-state index contributed by atoms with van der Waals surface area (Å²) in [4.78, 5) is 26.6. The highest BCUT2D eigenvalue weighted by Crippen LogP contribution is 2.17. The first kappa shape index (κ1) is 18.8. The molecule has 1 aromatic rings. The smallest absolute Gasteiger partial charge is 0.236 e. The van der Waals surface area contributed by atoms with Crippen molar-refractivity contribution in [1.82, 2.24) is 15.4 Å². The maximum absolute atomic E-state index is 12.8. The van der Waals surface area contributed by atoms with E-state index in [9.17, 15) is 9.59 Å². The lowest BCUT2D eigenvalue weighted by Gasteiger charge is -2.25. The fraction of sp³-hybridized carbons (Fsp3) is 0.500. The molecule has 0 spiro atoms. The molecule has 0 bridgehead atoms. The van der Waals surface area contributed by atoms with Crippen molar-refractivity contribution < 1.29 is 9.59 Å². The number of carbonyl (C=O) groups is 2. The van der Waals surface area contributed by atoms with Crippen LogP contribution in [0.5, 0.6) is 0 Å². The number of amides is 1. The van der Waals surface area contributed by atoms with Crippen LogP contribution < -0.4 is 10.5 Å². The Morgan fingerprint density at radius 2 is 2.08 bits per heavy atom. The quantitative estimate of drug-likeness (QED) is 0.553. The Balaban J connectivity index is 2.02. The Morgan fingerprint density at radius 1 is 1.38 bits per heavy atom. The predicted octanol–water partition coefficient (Wildman–Crippen LogP) is -1.83. The van der Waals surface area contributed by atoms with Crippen LogP contribution in [0.25, 0.3) is 0 Å². The zero-order valence-electron chi connectivity index (χ0n) is 14.9. The van der Waals surface area contributed by atoms with Crippen molar-refractivity contribution in [3.8, 4) is 0 Å². The van der Waals surface area contributed by atoms with Gasteiger partial charge in [-0.25, -0.2) is 0 Å². The molecule has 0 radical (unpaired) electrons. The molecule has 1 aromatic carbocycles. The molecule has 2 rings (SSSR count). The number of benzene rings is 1. The highest BCUT2D eigenvalue weighted by atomic mass is 16.2. The van der Waals surface area contributed by atoms with Gasteiger partial charge in [-0.15, -0.1) is 0 Å². The van der Waals surface area contributed by atoms with Crippen LogP contribution in [0.4, 0.5) is 0 Å². The van der Waals surface area contributed by atoms with Gasteiger partial charge in [0.05, 0.1) is 13.8 Å². The Hall–Kier alpha value is -1.53. The molecule has 0 aromatic heterocycles. The van der Waals surface area contributed by atoms with E-state index in [-0.39, 0.29) is 23.8 Å². The zero-order valence-corrected chi connectivity index (χ0v) is 14.9. The van der Waals surface area contributed by atoms with Gasteiger partial charge in [0, 0.05) is 25.0 Å². The normalized spacial score (nSPS) is 22.0. The fourth-order valence-electron chi connectivity index (χ4n) is 3.45. The van der Waals surface area contributed by atoms with Crippen molar-refractivity contribution in [2.75, 3.05) is 6.54 Å². The molecule has 1 heterocycles. The molecule has 1 aliphatic heterocycles. The van der Waals surface area contributed by atoms with Gasteiger partial charge in [0.2, 0.25) is 5.91 Å². The number of nitrogens with one attached hydrogen (secondary N) is 2. The molecule has 24 heavy (non-hydrogen) atoms. The van der Waals surface area contributed by atoms with Crippen LogP contribution in [-0.4, -0.2) is 64.2 Å². The topological polar surface area (TPSA) is 61.4 Å². The minimum Gasteiger partial charge on any atom is -0.358 e. The average Bonchev–Trinajstić information content (AvgIpc) is 2.98. The molecule has 1 saturated heterocycles. The molecule has 1 amide bonds. The standard InChI is InChI=1S/C16H26B3N3O2/c1-11(23)7-13(8-12-5-3-2-4-6-12)20-16(24)15-9-14(21-18)10-22(15)19-17/h2-6,13-15,19,21H,7-10,17-18H2,1H3,(H,20,24)/t13-,14-,15+/m1/s1. The summed E-state index contributed by atoms with van der Waals surface area (Å²) in [7, 11) is 4.87. The van der Waals surface area contributed by atoms with Crippen LogP contribution in [-0.2, 0) is 16.0 Å². The van der Waals surface area contributed by atoms with Gasteiger partial charge in [0.25, 0.3) is 0 Å². The SMILES string of the molecule is BBN1C[C@H](NB)C[C@H]1C(=O)N[C@H](CC(C)=O)Cc1ccccc1. The second kappa shape index (κ2) is 9.09. The largest absolute Gasteiger partial charge is 0.358 e. The summed E-state index contributed by atoms with van der Waals surface area (Å²) in [6.45, 7) is 2.47. The maximum atomic E-state index is 12.8. The van der Waals surface area contributed by atoms with Gasteiger partial charge in [-0.1, -0.05) is 30.3 Å². The third-order valence-corrected chi connectivity index (χ3v) is 4.73. The Morgan fingerprint density at radius 3 is 2.67 bits per heavy atom. The number of hydrogen-bond acceptors (Lipinski definition) is 4. The molecule has 3 atom stereocenters. The second-order valence-electron chi connectivity index (χ2n) is 6.63. The van der Waals surface area contributed by atoms with Crippen LogP contribution >= 0.6 is 0 Å². The van der Waals surface area contributed by atoms with Gasteiger partial charge in [0.15, 0.2) is 15.3 Å². The number of Topliss-reactive ketones (excluding diaryl/α,β-unsaturated/α-hetero) is 1. The number of ketones is 1. The lowest BCUT2D eigenvalue weighted by atomic mass is 9.65. The molecule has 0 unspecified atom stereocenters. The number of nitrogens with zero attached hydrogens (tertiary/aromatic N) is 1. The molecule has 0 aliphatic carbocycles. The lowest BCUT2D eigenvalue weighted by Crippen LogP contribution is -2.49. The fourth-order valence-corrected chi connectivity index (χ4v) is 3.45. The van der Waals surface area contributed by atoms with Gasteiger partial charge in [0.1, 0.15) is 5.78 Å². The molecule has 5 nitrogen and oxygen atoms in total. The molecule has 126 valence electrons. The lowest BCUT2D eigenvalue weighted by molar-refractivity contribution is -0.125. The summed E-state index contributed by atoms with van der Waals surface area (Å²) < 4.78 is 0. The van der Waals surface area contributed by atoms with Gasteiger partial charge < -0.3 is 15.4 Å². The van der Waals surface area contributed by atoms with Gasteiger partial charge in [-0.3, -0.25) is 9.59 Å². The van der Waals surface area contributed by atoms with E-state index >= 15 is 0 Å². The van der Waals surface area contributed by atoms with Crippen molar-refractivity contribution in [2.24, 2.45) is 0 Å². The van der Waals surface area contributed by atoms with Crippen molar-refractivity contribution in [3.63, 3.8) is 0 Å². The molecule has 1 fully saturated rings. The van der Waals surface area contributed by atoms with E-state index in [2.05, 4.69) is 23.1 Å². The van der Waals surface area contributed by atoms with E-state index in [0.29, 0.717) is 18.9 Å². The first-order valence-electron chi connectivity index (χ1n) is 8.78. The first-order chi connectivity index (χ1) is 11.5. The Bertz CT molecular complexity index is 559.